The van der Waals surface area contributed by atoms with Gasteiger partial charge < -0.3 is 0 Å². The maximum absolute atomic E-state index is 9.60. The summed E-state index contributed by atoms with van der Waals surface area (Å²) >= 11 is 0. The van der Waals surface area contributed by atoms with Crippen molar-refractivity contribution in [3.63, 3.8) is 0 Å². The summed E-state index contributed by atoms with van der Waals surface area (Å²) in [5, 5.41) is 27.9. The minimum atomic E-state index is 0.674. The van der Waals surface area contributed by atoms with E-state index in [0.29, 0.717) is 5.56 Å². The van der Waals surface area contributed by atoms with Crippen molar-refractivity contribution in [3.8, 4) is 50.6 Å². The second kappa shape index (κ2) is 12.2. The van der Waals surface area contributed by atoms with Gasteiger partial charge in [0.05, 0.1) is 11.6 Å². The molecule has 12 rings (SSSR count). The lowest BCUT2D eigenvalue weighted by molar-refractivity contribution is 1.38. The van der Waals surface area contributed by atoms with Crippen molar-refractivity contribution in [2.24, 2.45) is 0 Å². The van der Waals surface area contributed by atoms with Gasteiger partial charge >= 0.3 is 0 Å². The molecule has 0 aliphatic heterocycles. The average molecular weight is 734 g/mol. The molecule has 0 amide bonds. The number of nitriles is 1. The van der Waals surface area contributed by atoms with Crippen molar-refractivity contribution in [3.05, 3.63) is 193 Å². The Labute approximate surface area is 336 Å². The number of hydrogen-bond donors (Lipinski definition) is 0. The van der Waals surface area contributed by atoms with Gasteiger partial charge in [0.25, 0.3) is 0 Å². The van der Waals surface area contributed by atoms with Crippen molar-refractivity contribution < 1.29 is 0 Å². The zero-order valence-corrected chi connectivity index (χ0v) is 32.2. The molecule has 0 heterocycles. The molecule has 0 atom stereocenters. The van der Waals surface area contributed by atoms with E-state index in [9.17, 15) is 5.26 Å². The monoisotopic (exact) mass is 733 g/mol. The molecule has 0 saturated carbocycles. The fourth-order valence-electron chi connectivity index (χ4n) is 10.6. The van der Waals surface area contributed by atoms with Gasteiger partial charge in [0.15, 0.2) is 0 Å². The van der Waals surface area contributed by atoms with E-state index in [0.717, 1.165) is 11.1 Å². The lowest BCUT2D eigenvalue weighted by Crippen LogP contribution is -1.92. The van der Waals surface area contributed by atoms with Crippen LogP contribution in [-0.2, 0) is 0 Å². The summed E-state index contributed by atoms with van der Waals surface area (Å²) in [4.78, 5) is 0. The van der Waals surface area contributed by atoms with E-state index >= 15 is 0 Å². The van der Waals surface area contributed by atoms with Gasteiger partial charge in [-0.3, -0.25) is 0 Å². The molecule has 0 unspecified atom stereocenters. The molecule has 0 bridgehead atoms. The molecule has 0 aliphatic carbocycles. The molecule has 268 valence electrons. The molecule has 0 radical (unpaired) electrons. The number of rotatable bonds is 4. The van der Waals surface area contributed by atoms with Gasteiger partial charge in [-0.25, -0.2) is 0 Å². The Morgan fingerprint density at radius 2 is 0.828 bits per heavy atom. The fraction of sp³-hybridized carbons (Fsp3) is 0.0351. The third-order valence-electron chi connectivity index (χ3n) is 12.8. The van der Waals surface area contributed by atoms with E-state index in [1.807, 2.05) is 18.2 Å². The average Bonchev–Trinajstić information content (AvgIpc) is 3.78. The first-order valence-corrected chi connectivity index (χ1v) is 20.1. The van der Waals surface area contributed by atoms with Crippen molar-refractivity contribution in [2.75, 3.05) is 0 Å². The molecule has 0 fully saturated rings. The van der Waals surface area contributed by atoms with E-state index in [1.54, 1.807) is 0 Å². The molecule has 1 heteroatoms. The van der Waals surface area contributed by atoms with Gasteiger partial charge in [0.2, 0.25) is 0 Å². The van der Waals surface area contributed by atoms with Crippen LogP contribution in [0, 0.1) is 25.2 Å². The van der Waals surface area contributed by atoms with E-state index in [-0.39, 0.29) is 0 Å². The molecule has 0 spiro atoms. The highest BCUT2D eigenvalue weighted by Crippen LogP contribution is 2.55. The van der Waals surface area contributed by atoms with Gasteiger partial charge in [-0.1, -0.05) is 158 Å². The maximum atomic E-state index is 9.60. The molecule has 0 aliphatic rings. The van der Waals surface area contributed by atoms with Gasteiger partial charge in [-0.2, -0.15) is 5.26 Å². The molecule has 12 aromatic rings. The highest BCUT2D eigenvalue weighted by molar-refractivity contribution is 6.45. The van der Waals surface area contributed by atoms with Crippen LogP contribution in [0.5, 0.6) is 0 Å². The first-order chi connectivity index (χ1) is 28.6. The largest absolute Gasteiger partial charge is 0.192 e. The van der Waals surface area contributed by atoms with Crippen LogP contribution in [0.2, 0.25) is 0 Å². The van der Waals surface area contributed by atoms with Crippen LogP contribution in [0.3, 0.4) is 0 Å². The number of fused-ring (bicyclic) bond motifs is 8. The zero-order valence-electron chi connectivity index (χ0n) is 32.2. The third kappa shape index (κ3) is 4.46. The van der Waals surface area contributed by atoms with E-state index < -0.39 is 0 Å². The van der Waals surface area contributed by atoms with Gasteiger partial charge in [-0.15, -0.1) is 0 Å². The van der Waals surface area contributed by atoms with Crippen LogP contribution >= 0.6 is 0 Å². The van der Waals surface area contributed by atoms with Crippen LogP contribution in [0.15, 0.2) is 176 Å². The number of aryl methyl sites for hydroxylation is 2. The summed E-state index contributed by atoms with van der Waals surface area (Å²) in [6.45, 7) is 4.45. The molecule has 12 aromatic carbocycles. The Morgan fingerprint density at radius 3 is 1.53 bits per heavy atom. The van der Waals surface area contributed by atoms with Crippen LogP contribution in [0.4, 0.5) is 0 Å². The topological polar surface area (TPSA) is 23.8 Å². The van der Waals surface area contributed by atoms with E-state index in [4.69, 9.17) is 0 Å². The van der Waals surface area contributed by atoms with Gasteiger partial charge in [0.1, 0.15) is 0 Å². The van der Waals surface area contributed by atoms with Crippen molar-refractivity contribution >= 4 is 75.4 Å². The molecule has 0 N–H and O–H groups in total. The number of benzene rings is 10. The number of hydrogen-bond acceptors (Lipinski definition) is 1. The quantitative estimate of drug-likeness (QED) is 0.165. The summed E-state index contributed by atoms with van der Waals surface area (Å²) in [5.41, 5.74) is 12.9. The first kappa shape index (κ1) is 32.7. The van der Waals surface area contributed by atoms with Crippen LogP contribution < -0.4 is 0 Å². The second-order valence-corrected chi connectivity index (χ2v) is 15.9. The van der Waals surface area contributed by atoms with Crippen LogP contribution in [0.1, 0.15) is 16.7 Å². The van der Waals surface area contributed by atoms with Crippen molar-refractivity contribution in [1.82, 2.24) is 0 Å². The Kier molecular flexibility index (Phi) is 6.89. The standard InChI is InChI=1S/C57H35N/c1-33-28-39(38-19-11-14-35(30-38)32-58)29-34(2)50(33)44-26-27-47-53-43(44)23-13-25-46(53)56-51(36-15-5-3-6-16-36)49-31-48-41-21-10-9-20-40(41)42-22-12-24-45(54(42)48)55(49)52(57(47)56)37-17-7-4-8-18-37/h3-31H,1-2H3. The first-order valence-electron chi connectivity index (χ1n) is 20.1. The lowest BCUT2D eigenvalue weighted by Gasteiger charge is -2.19. The summed E-state index contributed by atoms with van der Waals surface area (Å²) in [7, 11) is 0. The third-order valence-corrected chi connectivity index (χ3v) is 12.8. The summed E-state index contributed by atoms with van der Waals surface area (Å²) < 4.78 is 0. The van der Waals surface area contributed by atoms with Crippen molar-refractivity contribution in [2.45, 2.75) is 13.8 Å². The fourth-order valence-corrected chi connectivity index (χ4v) is 10.6. The molecular weight excluding hydrogens is 699 g/mol. The highest BCUT2D eigenvalue weighted by Gasteiger charge is 2.27. The zero-order chi connectivity index (χ0) is 38.6. The Bertz CT molecular complexity index is 3660. The van der Waals surface area contributed by atoms with Crippen LogP contribution in [0.25, 0.3) is 120 Å². The molecule has 0 saturated heterocycles. The Morgan fingerprint density at radius 1 is 0.310 bits per heavy atom. The Balaban J connectivity index is 1.26. The Hall–Kier alpha value is -7.53. The SMILES string of the molecule is Cc1cc(-c2cccc(C#N)c2)cc(C)c1-c1ccc2c3c(-c4ccccc4)c4c(cc5c6ccccc6c6cccc4c65)c(-c4ccccc4)c3c3cccc1c32. The minimum absolute atomic E-state index is 0.674. The molecule has 1 nitrogen and oxygen atoms in total. The maximum Gasteiger partial charge on any atom is 0.0991 e. The van der Waals surface area contributed by atoms with Gasteiger partial charge in [0, 0.05) is 0 Å². The minimum Gasteiger partial charge on any atom is -0.192 e. The smallest absolute Gasteiger partial charge is 0.0991 e. The summed E-state index contributed by atoms with van der Waals surface area (Å²) in [6.07, 6.45) is 0. The van der Waals surface area contributed by atoms with Gasteiger partial charge in [-0.05, 0) is 163 Å². The normalized spacial score (nSPS) is 11.9. The highest BCUT2D eigenvalue weighted by atomic mass is 14.3. The van der Waals surface area contributed by atoms with E-state index in [2.05, 4.69) is 178 Å². The van der Waals surface area contributed by atoms with E-state index in [1.165, 1.54) is 120 Å². The molecular formula is C57H35N. The van der Waals surface area contributed by atoms with Crippen LogP contribution in [-0.4, -0.2) is 0 Å². The molecule has 0 aromatic heterocycles. The van der Waals surface area contributed by atoms with Crippen molar-refractivity contribution in [1.29, 1.82) is 5.26 Å². The number of nitrogens with zero attached hydrogens (tertiary/aromatic N) is 1. The summed E-state index contributed by atoms with van der Waals surface area (Å²) in [6, 6.07) is 67.0. The summed E-state index contributed by atoms with van der Waals surface area (Å²) in [5.74, 6) is 0. The molecule has 58 heavy (non-hydrogen) atoms. The lowest BCUT2D eigenvalue weighted by atomic mass is 9.84. The predicted octanol–water partition coefficient (Wildman–Crippen LogP) is 15.8. The predicted molar refractivity (Wildman–Crippen MR) is 247 cm³/mol. The second-order valence-electron chi connectivity index (χ2n) is 15.9.